The Morgan fingerprint density at radius 1 is 0.857 bits per heavy atom. The van der Waals surface area contributed by atoms with E-state index in [0.717, 1.165) is 16.1 Å². The maximum atomic E-state index is 14.2. The van der Waals surface area contributed by atoms with Crippen LogP contribution in [0.3, 0.4) is 0 Å². The molecular formula is C29H30Cl5N3O4S. The van der Waals surface area contributed by atoms with E-state index in [1.54, 1.807) is 18.2 Å². The number of benzene rings is 3. The number of nitrogens with zero attached hydrogens (tertiary/aromatic N) is 2. The van der Waals surface area contributed by atoms with E-state index >= 15 is 0 Å². The SMILES string of the molecule is CC[C@@H](C)NC(=O)[C@H](Cc1ccccc1)N(Cc1c(Cl)cccc1Cl)C(=O)CN(c1cc(Cl)c(Cl)cc1Cl)S(C)(=O)=O. The fourth-order valence-electron chi connectivity index (χ4n) is 4.15. The molecule has 226 valence electrons. The van der Waals surface area contributed by atoms with Crippen LogP contribution in [0.25, 0.3) is 0 Å². The molecule has 0 fully saturated rings. The molecule has 0 heterocycles. The molecule has 0 bridgehead atoms. The lowest BCUT2D eigenvalue weighted by Crippen LogP contribution is -2.54. The molecule has 0 spiro atoms. The second-order valence-corrected chi connectivity index (χ2v) is 13.7. The second-order valence-electron chi connectivity index (χ2n) is 9.73. The molecule has 0 unspecified atom stereocenters. The van der Waals surface area contributed by atoms with Crippen LogP contribution < -0.4 is 9.62 Å². The van der Waals surface area contributed by atoms with Crippen molar-refractivity contribution in [3.05, 3.63) is 96.9 Å². The van der Waals surface area contributed by atoms with Crippen LogP contribution in [0.4, 0.5) is 5.69 Å². The lowest BCUT2D eigenvalue weighted by Gasteiger charge is -2.34. The summed E-state index contributed by atoms with van der Waals surface area (Å²) in [5, 5.41) is 3.66. The van der Waals surface area contributed by atoms with Crippen LogP contribution >= 0.6 is 58.0 Å². The second kappa shape index (κ2) is 15.0. The molecule has 1 N–H and O–H groups in total. The monoisotopic (exact) mass is 691 g/mol. The molecule has 0 aliphatic rings. The minimum atomic E-state index is -4.07. The number of amides is 2. The first-order valence-electron chi connectivity index (χ1n) is 12.9. The lowest BCUT2D eigenvalue weighted by atomic mass is 10.0. The van der Waals surface area contributed by atoms with Crippen molar-refractivity contribution < 1.29 is 18.0 Å². The molecule has 2 atom stereocenters. The van der Waals surface area contributed by atoms with E-state index in [0.29, 0.717) is 12.0 Å². The van der Waals surface area contributed by atoms with E-state index in [-0.39, 0.29) is 49.8 Å². The van der Waals surface area contributed by atoms with Gasteiger partial charge in [0.1, 0.15) is 12.6 Å². The molecule has 7 nitrogen and oxygen atoms in total. The minimum Gasteiger partial charge on any atom is -0.352 e. The van der Waals surface area contributed by atoms with Crippen molar-refractivity contribution in [3.63, 3.8) is 0 Å². The van der Waals surface area contributed by atoms with Gasteiger partial charge in [0.15, 0.2) is 0 Å². The zero-order chi connectivity index (χ0) is 31.2. The van der Waals surface area contributed by atoms with Crippen molar-refractivity contribution in [2.75, 3.05) is 17.1 Å². The van der Waals surface area contributed by atoms with Crippen LogP contribution in [0.15, 0.2) is 60.7 Å². The number of hydrogen-bond acceptors (Lipinski definition) is 4. The van der Waals surface area contributed by atoms with Gasteiger partial charge in [-0.1, -0.05) is 101 Å². The number of hydrogen-bond donors (Lipinski definition) is 1. The van der Waals surface area contributed by atoms with E-state index in [1.807, 2.05) is 44.2 Å². The van der Waals surface area contributed by atoms with Gasteiger partial charge < -0.3 is 10.2 Å². The standard InChI is InChI=1S/C29H30Cl5N3O4S/c1-4-18(2)35-29(39)27(13-19-9-6-5-7-10-19)36(16-20-21(30)11-8-12-22(20)31)28(38)17-37(42(3,40)41)26-15-24(33)23(32)14-25(26)34/h5-12,14-15,18,27H,4,13,16-17H2,1-3H3,(H,35,39)/t18-,27+/m1/s1. The predicted octanol–water partition coefficient (Wildman–Crippen LogP) is 7.27. The normalized spacial score (nSPS) is 12.9. The van der Waals surface area contributed by atoms with Crippen molar-refractivity contribution in [1.29, 1.82) is 0 Å². The summed E-state index contributed by atoms with van der Waals surface area (Å²) in [6.07, 6.45) is 1.74. The van der Waals surface area contributed by atoms with Crippen molar-refractivity contribution in [1.82, 2.24) is 10.2 Å². The predicted molar refractivity (Wildman–Crippen MR) is 173 cm³/mol. The first-order valence-corrected chi connectivity index (χ1v) is 16.7. The van der Waals surface area contributed by atoms with Crippen molar-refractivity contribution in [2.24, 2.45) is 0 Å². The average molecular weight is 694 g/mol. The van der Waals surface area contributed by atoms with Crippen LogP contribution in [0.5, 0.6) is 0 Å². The Labute approximate surface area is 271 Å². The highest BCUT2D eigenvalue weighted by Crippen LogP contribution is 2.36. The zero-order valence-corrected chi connectivity index (χ0v) is 27.7. The summed E-state index contributed by atoms with van der Waals surface area (Å²) in [4.78, 5) is 29.3. The van der Waals surface area contributed by atoms with Gasteiger partial charge in [-0.25, -0.2) is 8.42 Å². The third-order valence-corrected chi connectivity index (χ3v) is 9.46. The fraction of sp³-hybridized carbons (Fsp3) is 0.310. The highest BCUT2D eigenvalue weighted by atomic mass is 35.5. The Kier molecular flexibility index (Phi) is 12.2. The average Bonchev–Trinajstić information content (AvgIpc) is 2.92. The highest BCUT2D eigenvalue weighted by molar-refractivity contribution is 7.92. The fourth-order valence-corrected chi connectivity index (χ4v) is 6.21. The maximum Gasteiger partial charge on any atom is 0.244 e. The summed E-state index contributed by atoms with van der Waals surface area (Å²) in [6.45, 7) is 2.91. The first-order chi connectivity index (χ1) is 19.7. The van der Waals surface area contributed by atoms with Crippen LogP contribution in [0.2, 0.25) is 25.1 Å². The van der Waals surface area contributed by atoms with Crippen LogP contribution in [-0.4, -0.2) is 50.0 Å². The van der Waals surface area contributed by atoms with Crippen molar-refractivity contribution in [2.45, 2.75) is 45.3 Å². The summed E-state index contributed by atoms with van der Waals surface area (Å²) in [7, 11) is -4.07. The molecular weight excluding hydrogens is 664 g/mol. The third-order valence-electron chi connectivity index (χ3n) is 6.60. The number of nitrogens with one attached hydrogen (secondary N) is 1. The zero-order valence-electron chi connectivity index (χ0n) is 23.1. The van der Waals surface area contributed by atoms with Gasteiger partial charge in [-0.2, -0.15) is 0 Å². The summed E-state index contributed by atoms with van der Waals surface area (Å²) >= 11 is 31.6. The van der Waals surface area contributed by atoms with Gasteiger partial charge in [-0.15, -0.1) is 0 Å². The van der Waals surface area contributed by atoms with Crippen molar-refractivity contribution >= 4 is 85.5 Å². The Morgan fingerprint density at radius 2 is 1.45 bits per heavy atom. The van der Waals surface area contributed by atoms with Gasteiger partial charge in [0.25, 0.3) is 0 Å². The molecule has 0 saturated carbocycles. The van der Waals surface area contributed by atoms with Crippen LogP contribution in [0, 0.1) is 0 Å². The Morgan fingerprint density at radius 3 is 2.02 bits per heavy atom. The molecule has 0 radical (unpaired) electrons. The van der Waals surface area contributed by atoms with Gasteiger partial charge >= 0.3 is 0 Å². The van der Waals surface area contributed by atoms with E-state index in [1.165, 1.54) is 17.0 Å². The maximum absolute atomic E-state index is 14.2. The molecule has 3 rings (SSSR count). The molecule has 0 saturated heterocycles. The number of anilines is 1. The molecule has 2 amide bonds. The molecule has 0 aliphatic carbocycles. The summed E-state index contributed by atoms with van der Waals surface area (Å²) in [5.74, 6) is -1.11. The van der Waals surface area contributed by atoms with E-state index < -0.39 is 34.4 Å². The number of carbonyl (C=O) groups is 2. The van der Waals surface area contributed by atoms with Crippen molar-refractivity contribution in [3.8, 4) is 0 Å². The van der Waals surface area contributed by atoms with Gasteiger partial charge in [-0.3, -0.25) is 13.9 Å². The smallest absolute Gasteiger partial charge is 0.244 e. The van der Waals surface area contributed by atoms with Gasteiger partial charge in [0.2, 0.25) is 21.8 Å². The number of carbonyl (C=O) groups excluding carboxylic acids is 2. The van der Waals surface area contributed by atoms with Gasteiger partial charge in [0.05, 0.1) is 27.0 Å². The van der Waals surface area contributed by atoms with Gasteiger partial charge in [-0.05, 0) is 43.2 Å². The molecule has 0 aliphatic heterocycles. The molecule has 0 aromatic heterocycles. The first kappa shape index (κ1) is 34.3. The number of halogens is 5. The van der Waals surface area contributed by atoms with E-state index in [9.17, 15) is 18.0 Å². The topological polar surface area (TPSA) is 86.8 Å². The van der Waals surface area contributed by atoms with E-state index in [4.69, 9.17) is 58.0 Å². The molecule has 42 heavy (non-hydrogen) atoms. The number of rotatable bonds is 12. The Bertz CT molecular complexity index is 1520. The molecule has 3 aromatic rings. The largest absolute Gasteiger partial charge is 0.352 e. The van der Waals surface area contributed by atoms with E-state index in [2.05, 4.69) is 5.32 Å². The molecule has 13 heteroatoms. The quantitative estimate of drug-likeness (QED) is 0.202. The third kappa shape index (κ3) is 8.91. The highest BCUT2D eigenvalue weighted by Gasteiger charge is 2.34. The summed E-state index contributed by atoms with van der Waals surface area (Å²) in [5.41, 5.74) is 1.15. The lowest BCUT2D eigenvalue weighted by molar-refractivity contribution is -0.140. The van der Waals surface area contributed by atoms with Crippen LogP contribution in [0.1, 0.15) is 31.4 Å². The Hall–Kier alpha value is -2.20. The minimum absolute atomic E-state index is 0.0290. The molecule has 3 aromatic carbocycles. The summed E-state index contributed by atoms with van der Waals surface area (Å²) in [6, 6.07) is 15.4. The van der Waals surface area contributed by atoms with Gasteiger partial charge in [0, 0.05) is 34.6 Å². The van der Waals surface area contributed by atoms with Crippen LogP contribution in [-0.2, 0) is 32.6 Å². The summed E-state index contributed by atoms with van der Waals surface area (Å²) < 4.78 is 26.8. The number of sulfonamides is 1. The Balaban J connectivity index is 2.15.